The maximum atomic E-state index is 11.4. The minimum atomic E-state index is -0.602. The molecule has 0 amide bonds. The summed E-state index contributed by atoms with van der Waals surface area (Å²) in [6.07, 6.45) is 3.81. The molecule has 2 heterocycles. The van der Waals surface area contributed by atoms with E-state index >= 15 is 0 Å². The van der Waals surface area contributed by atoms with Gasteiger partial charge in [0.2, 0.25) is 0 Å². The monoisotopic (exact) mass is 274 g/mol. The molecule has 0 spiro atoms. The molecule has 100 valence electrons. The molecule has 4 heteroatoms. The van der Waals surface area contributed by atoms with Gasteiger partial charge in [0.25, 0.3) is 0 Å². The van der Waals surface area contributed by atoms with Crippen molar-refractivity contribution in [1.29, 1.82) is 0 Å². The van der Waals surface area contributed by atoms with Gasteiger partial charge >= 0.3 is 0 Å². The van der Waals surface area contributed by atoms with Crippen LogP contribution in [0.3, 0.4) is 0 Å². The van der Waals surface area contributed by atoms with Crippen LogP contribution in [0.2, 0.25) is 0 Å². The molecule has 3 nitrogen and oxygen atoms in total. The average molecular weight is 274 g/mol. The highest BCUT2D eigenvalue weighted by Gasteiger charge is 2.18. The first kappa shape index (κ1) is 12.6. The van der Waals surface area contributed by atoms with Crippen molar-refractivity contribution in [2.45, 2.75) is 25.8 Å². The van der Waals surface area contributed by atoms with E-state index in [1.54, 1.807) is 0 Å². The molecule has 0 bridgehead atoms. The van der Waals surface area contributed by atoms with Crippen molar-refractivity contribution in [3.05, 3.63) is 36.0 Å². The van der Waals surface area contributed by atoms with Gasteiger partial charge < -0.3 is 5.32 Å². The highest BCUT2D eigenvalue weighted by Crippen LogP contribution is 2.26. The van der Waals surface area contributed by atoms with E-state index in [2.05, 4.69) is 35.4 Å². The summed E-state index contributed by atoms with van der Waals surface area (Å²) >= 11 is 0. The largest absolute Gasteiger partial charge is 0.382 e. The Kier molecular flexibility index (Phi) is 3.51. The van der Waals surface area contributed by atoms with Gasteiger partial charge in [0.15, 0.2) is 0 Å². The Hall–Kier alpha value is -1.42. The average Bonchev–Trinajstić information content (AvgIpc) is 2.45. The first-order valence-corrected chi connectivity index (χ1v) is 8.19. The van der Waals surface area contributed by atoms with Crippen LogP contribution in [0.5, 0.6) is 0 Å². The third kappa shape index (κ3) is 2.63. The van der Waals surface area contributed by atoms with E-state index in [-0.39, 0.29) is 0 Å². The van der Waals surface area contributed by atoms with E-state index in [9.17, 15) is 4.21 Å². The van der Waals surface area contributed by atoms with Crippen molar-refractivity contribution < 1.29 is 4.21 Å². The Morgan fingerprint density at radius 1 is 1.26 bits per heavy atom. The number of nitrogens with one attached hydrogen (secondary N) is 1. The van der Waals surface area contributed by atoms with Crippen LogP contribution >= 0.6 is 0 Å². The standard InChI is InChI=1S/C15H18N2OS/c1-11-4-5-14(13-3-2-8-16-15(11)13)17-12-6-9-19(18)10-7-12/h2-5,8,12,17H,6-7,9-10H2,1H3. The molecule has 2 aromatic rings. The van der Waals surface area contributed by atoms with Crippen molar-refractivity contribution in [3.8, 4) is 0 Å². The first-order valence-electron chi connectivity index (χ1n) is 6.70. The predicted molar refractivity (Wildman–Crippen MR) is 81.0 cm³/mol. The van der Waals surface area contributed by atoms with Crippen LogP contribution in [0.25, 0.3) is 10.9 Å². The Morgan fingerprint density at radius 2 is 2.05 bits per heavy atom. The molecule has 1 aromatic heterocycles. The summed E-state index contributed by atoms with van der Waals surface area (Å²) in [6, 6.07) is 8.76. The van der Waals surface area contributed by atoms with Crippen molar-refractivity contribution in [3.63, 3.8) is 0 Å². The van der Waals surface area contributed by atoms with Crippen molar-refractivity contribution >= 4 is 27.4 Å². The SMILES string of the molecule is Cc1ccc(NC2CCS(=O)CC2)c2cccnc12. The summed E-state index contributed by atoms with van der Waals surface area (Å²) in [4.78, 5) is 4.46. The molecule has 1 aliphatic heterocycles. The fraction of sp³-hybridized carbons (Fsp3) is 0.400. The number of rotatable bonds is 2. The van der Waals surface area contributed by atoms with Gasteiger partial charge in [-0.1, -0.05) is 6.07 Å². The van der Waals surface area contributed by atoms with Crippen LogP contribution in [-0.2, 0) is 10.8 Å². The topological polar surface area (TPSA) is 42.0 Å². The second-order valence-electron chi connectivity index (χ2n) is 5.10. The molecule has 1 fully saturated rings. The van der Waals surface area contributed by atoms with Crippen LogP contribution in [0, 0.1) is 6.92 Å². The summed E-state index contributed by atoms with van der Waals surface area (Å²) in [5.74, 6) is 1.64. The van der Waals surface area contributed by atoms with E-state index in [1.165, 1.54) is 10.9 Å². The van der Waals surface area contributed by atoms with Crippen LogP contribution < -0.4 is 5.32 Å². The number of aromatic nitrogens is 1. The number of pyridine rings is 1. The number of aryl methyl sites for hydroxylation is 1. The lowest BCUT2D eigenvalue weighted by Gasteiger charge is -2.24. The number of benzene rings is 1. The third-order valence-electron chi connectivity index (χ3n) is 3.72. The normalized spacial score (nSPS) is 23.4. The Balaban J connectivity index is 1.89. The lowest BCUT2D eigenvalue weighted by molar-refractivity contribution is 0.624. The van der Waals surface area contributed by atoms with Crippen molar-refractivity contribution in [2.75, 3.05) is 16.8 Å². The summed E-state index contributed by atoms with van der Waals surface area (Å²) in [7, 11) is -0.602. The van der Waals surface area contributed by atoms with Gasteiger partial charge in [0, 0.05) is 45.6 Å². The second-order valence-corrected chi connectivity index (χ2v) is 6.79. The van der Waals surface area contributed by atoms with Gasteiger partial charge in [-0.2, -0.15) is 0 Å². The molecule has 0 saturated carbocycles. The van der Waals surface area contributed by atoms with Gasteiger partial charge in [0.1, 0.15) is 0 Å². The molecular weight excluding hydrogens is 256 g/mol. The lowest BCUT2D eigenvalue weighted by Crippen LogP contribution is -2.29. The van der Waals surface area contributed by atoms with Crippen molar-refractivity contribution in [2.24, 2.45) is 0 Å². The molecule has 1 aliphatic rings. The van der Waals surface area contributed by atoms with Gasteiger partial charge in [-0.25, -0.2) is 0 Å². The van der Waals surface area contributed by atoms with E-state index in [1.807, 2.05) is 12.3 Å². The van der Waals surface area contributed by atoms with Crippen LogP contribution in [-0.4, -0.2) is 26.7 Å². The lowest BCUT2D eigenvalue weighted by atomic mass is 10.1. The number of anilines is 1. The zero-order valence-electron chi connectivity index (χ0n) is 11.1. The molecule has 0 radical (unpaired) electrons. The van der Waals surface area contributed by atoms with Crippen LogP contribution in [0.15, 0.2) is 30.5 Å². The smallest absolute Gasteiger partial charge is 0.0751 e. The number of hydrogen-bond acceptors (Lipinski definition) is 3. The number of hydrogen-bond donors (Lipinski definition) is 1. The summed E-state index contributed by atoms with van der Waals surface area (Å²) in [6.45, 7) is 2.09. The Morgan fingerprint density at radius 3 is 2.84 bits per heavy atom. The molecule has 3 rings (SSSR count). The Bertz CT molecular complexity index is 617. The summed E-state index contributed by atoms with van der Waals surface area (Å²) < 4.78 is 11.4. The minimum absolute atomic E-state index is 0.434. The molecule has 1 saturated heterocycles. The molecule has 0 aliphatic carbocycles. The predicted octanol–water partition coefficient (Wildman–Crippen LogP) is 2.87. The van der Waals surface area contributed by atoms with E-state index in [0.717, 1.165) is 35.6 Å². The maximum absolute atomic E-state index is 11.4. The molecule has 1 N–H and O–H groups in total. The fourth-order valence-corrected chi connectivity index (χ4v) is 3.90. The van der Waals surface area contributed by atoms with Crippen LogP contribution in [0.1, 0.15) is 18.4 Å². The fourth-order valence-electron chi connectivity index (χ4n) is 2.60. The highest BCUT2D eigenvalue weighted by atomic mass is 32.2. The third-order valence-corrected chi connectivity index (χ3v) is 5.10. The number of fused-ring (bicyclic) bond motifs is 1. The number of nitrogens with zero attached hydrogens (tertiary/aromatic N) is 1. The minimum Gasteiger partial charge on any atom is -0.382 e. The highest BCUT2D eigenvalue weighted by molar-refractivity contribution is 7.85. The van der Waals surface area contributed by atoms with Crippen molar-refractivity contribution in [1.82, 2.24) is 4.98 Å². The molecular formula is C15H18N2OS. The zero-order valence-corrected chi connectivity index (χ0v) is 11.9. The maximum Gasteiger partial charge on any atom is 0.0751 e. The molecule has 0 atom stereocenters. The van der Waals surface area contributed by atoms with E-state index in [0.29, 0.717) is 6.04 Å². The summed E-state index contributed by atoms with van der Waals surface area (Å²) in [5.41, 5.74) is 3.41. The van der Waals surface area contributed by atoms with Gasteiger partial charge in [-0.05, 0) is 43.5 Å². The van der Waals surface area contributed by atoms with Gasteiger partial charge in [-0.15, -0.1) is 0 Å². The molecule has 0 unspecified atom stereocenters. The van der Waals surface area contributed by atoms with Gasteiger partial charge in [-0.3, -0.25) is 9.19 Å². The van der Waals surface area contributed by atoms with Crippen LogP contribution in [0.4, 0.5) is 5.69 Å². The first-order chi connectivity index (χ1) is 9.24. The van der Waals surface area contributed by atoms with E-state index in [4.69, 9.17) is 0 Å². The molecule has 19 heavy (non-hydrogen) atoms. The zero-order chi connectivity index (χ0) is 13.2. The quantitative estimate of drug-likeness (QED) is 0.915. The Labute approximate surface area is 115 Å². The molecule has 1 aromatic carbocycles. The second kappa shape index (κ2) is 5.29. The van der Waals surface area contributed by atoms with Gasteiger partial charge in [0.05, 0.1) is 5.52 Å². The van der Waals surface area contributed by atoms with E-state index < -0.39 is 10.8 Å². The summed E-state index contributed by atoms with van der Waals surface area (Å²) in [5, 5.41) is 4.77.